The van der Waals surface area contributed by atoms with E-state index in [0.29, 0.717) is 17.9 Å². The minimum Gasteiger partial charge on any atom is -0.204 e. The number of halogens is 3. The van der Waals surface area contributed by atoms with Crippen molar-refractivity contribution in [1.29, 1.82) is 0 Å². The van der Waals surface area contributed by atoms with Gasteiger partial charge >= 0.3 is 0 Å². The van der Waals surface area contributed by atoms with Gasteiger partial charge in [-0.25, -0.2) is 13.2 Å². The minimum absolute atomic E-state index is 0.562. The SMILES string of the molecule is C/C=C/CCC1CCC(CCc2cc(F)c(F)c(F)c2)CC1. The Morgan fingerprint density at radius 1 is 0.955 bits per heavy atom. The smallest absolute Gasteiger partial charge is 0.194 e. The maximum Gasteiger partial charge on any atom is 0.194 e. The molecule has 0 aliphatic heterocycles. The number of allylic oxidation sites excluding steroid dienone is 2. The monoisotopic (exact) mass is 310 g/mol. The van der Waals surface area contributed by atoms with E-state index in [1.54, 1.807) is 0 Å². The van der Waals surface area contributed by atoms with Crippen molar-refractivity contribution in [3.05, 3.63) is 47.3 Å². The predicted molar refractivity (Wildman–Crippen MR) is 84.1 cm³/mol. The summed E-state index contributed by atoms with van der Waals surface area (Å²) in [7, 11) is 0. The standard InChI is InChI=1S/C19H25F3/c1-2-3-4-5-14-6-8-15(9-7-14)10-11-16-12-17(20)19(22)18(21)13-16/h2-3,12-15H,4-11H2,1H3/b3-2+. The lowest BCUT2D eigenvalue weighted by molar-refractivity contribution is 0.254. The Balaban J connectivity index is 1.75. The summed E-state index contributed by atoms with van der Waals surface area (Å²) >= 11 is 0. The van der Waals surface area contributed by atoms with Crippen LogP contribution in [0.5, 0.6) is 0 Å². The van der Waals surface area contributed by atoms with Crippen LogP contribution in [0.4, 0.5) is 13.2 Å². The average Bonchev–Trinajstić information content (AvgIpc) is 2.52. The number of rotatable bonds is 6. The van der Waals surface area contributed by atoms with E-state index in [1.807, 2.05) is 0 Å². The first-order valence-electron chi connectivity index (χ1n) is 8.34. The van der Waals surface area contributed by atoms with E-state index >= 15 is 0 Å². The molecule has 1 aromatic carbocycles. The van der Waals surface area contributed by atoms with Gasteiger partial charge in [0, 0.05) is 0 Å². The van der Waals surface area contributed by atoms with Gasteiger partial charge in [-0.2, -0.15) is 0 Å². The van der Waals surface area contributed by atoms with Crippen LogP contribution in [0.25, 0.3) is 0 Å². The van der Waals surface area contributed by atoms with Crippen molar-refractivity contribution in [2.75, 3.05) is 0 Å². The highest BCUT2D eigenvalue weighted by Crippen LogP contribution is 2.34. The normalized spacial score (nSPS) is 22.4. The molecule has 1 aliphatic carbocycles. The second kappa shape index (κ2) is 8.40. The molecule has 0 amide bonds. The van der Waals surface area contributed by atoms with Crippen LogP contribution in [0.2, 0.25) is 0 Å². The van der Waals surface area contributed by atoms with Crippen molar-refractivity contribution < 1.29 is 13.2 Å². The molecule has 0 atom stereocenters. The van der Waals surface area contributed by atoms with Crippen molar-refractivity contribution in [2.24, 2.45) is 11.8 Å². The van der Waals surface area contributed by atoms with E-state index in [2.05, 4.69) is 19.1 Å². The Bertz CT molecular complexity index is 476. The number of benzene rings is 1. The first-order valence-corrected chi connectivity index (χ1v) is 8.34. The molecular formula is C19H25F3. The average molecular weight is 310 g/mol. The third kappa shape index (κ3) is 4.89. The molecule has 0 radical (unpaired) electrons. The minimum atomic E-state index is -1.37. The molecule has 0 heterocycles. The molecular weight excluding hydrogens is 285 g/mol. The van der Waals surface area contributed by atoms with E-state index < -0.39 is 17.5 Å². The molecule has 0 N–H and O–H groups in total. The van der Waals surface area contributed by atoms with Crippen LogP contribution in [-0.4, -0.2) is 0 Å². The highest BCUT2D eigenvalue weighted by molar-refractivity contribution is 5.19. The van der Waals surface area contributed by atoms with Gasteiger partial charge in [-0.3, -0.25) is 0 Å². The lowest BCUT2D eigenvalue weighted by Gasteiger charge is -2.28. The van der Waals surface area contributed by atoms with Crippen LogP contribution in [0.15, 0.2) is 24.3 Å². The number of hydrogen-bond acceptors (Lipinski definition) is 0. The Labute approximate surface area is 131 Å². The lowest BCUT2D eigenvalue weighted by atomic mass is 9.78. The van der Waals surface area contributed by atoms with Gasteiger partial charge in [0.25, 0.3) is 0 Å². The summed E-state index contributed by atoms with van der Waals surface area (Å²) < 4.78 is 39.3. The predicted octanol–water partition coefficient (Wildman–Crippen LogP) is 6.20. The van der Waals surface area contributed by atoms with Gasteiger partial charge in [-0.1, -0.05) is 37.8 Å². The summed E-state index contributed by atoms with van der Waals surface area (Å²) in [6.45, 7) is 2.05. The van der Waals surface area contributed by atoms with Gasteiger partial charge in [0.15, 0.2) is 17.5 Å². The van der Waals surface area contributed by atoms with Crippen molar-refractivity contribution >= 4 is 0 Å². The molecule has 2 rings (SSSR count). The van der Waals surface area contributed by atoms with E-state index in [-0.39, 0.29) is 0 Å². The second-order valence-electron chi connectivity index (χ2n) is 6.45. The van der Waals surface area contributed by atoms with Crippen LogP contribution in [0, 0.1) is 29.3 Å². The fourth-order valence-electron chi connectivity index (χ4n) is 3.43. The zero-order valence-electron chi connectivity index (χ0n) is 13.3. The van der Waals surface area contributed by atoms with E-state index in [0.717, 1.165) is 24.5 Å². The summed E-state index contributed by atoms with van der Waals surface area (Å²) in [6, 6.07) is 2.25. The highest BCUT2D eigenvalue weighted by Gasteiger charge is 2.21. The van der Waals surface area contributed by atoms with Crippen LogP contribution in [0.3, 0.4) is 0 Å². The molecule has 22 heavy (non-hydrogen) atoms. The largest absolute Gasteiger partial charge is 0.204 e. The van der Waals surface area contributed by atoms with Crippen LogP contribution in [0.1, 0.15) is 57.4 Å². The van der Waals surface area contributed by atoms with Crippen LogP contribution in [-0.2, 0) is 6.42 Å². The molecule has 1 aromatic rings. The van der Waals surface area contributed by atoms with Crippen molar-refractivity contribution in [2.45, 2.75) is 58.3 Å². The summed E-state index contributed by atoms with van der Waals surface area (Å²) in [5, 5.41) is 0. The topological polar surface area (TPSA) is 0 Å². The molecule has 0 spiro atoms. The first kappa shape index (κ1) is 17.1. The quantitative estimate of drug-likeness (QED) is 0.433. The summed E-state index contributed by atoms with van der Waals surface area (Å²) in [6.07, 6.45) is 13.2. The molecule has 0 bridgehead atoms. The third-order valence-electron chi connectivity index (χ3n) is 4.83. The Kier molecular flexibility index (Phi) is 6.53. The fraction of sp³-hybridized carbons (Fsp3) is 0.579. The second-order valence-corrected chi connectivity index (χ2v) is 6.45. The first-order chi connectivity index (χ1) is 10.6. The maximum atomic E-state index is 13.2. The summed E-state index contributed by atoms with van der Waals surface area (Å²) in [4.78, 5) is 0. The molecule has 0 unspecified atom stereocenters. The van der Waals surface area contributed by atoms with Crippen molar-refractivity contribution in [3.8, 4) is 0 Å². The molecule has 1 aliphatic rings. The maximum absolute atomic E-state index is 13.2. The molecule has 0 nitrogen and oxygen atoms in total. The van der Waals surface area contributed by atoms with Crippen LogP contribution >= 0.6 is 0 Å². The Hall–Kier alpha value is -1.25. The van der Waals surface area contributed by atoms with Crippen LogP contribution < -0.4 is 0 Å². The fourth-order valence-corrected chi connectivity index (χ4v) is 3.43. The summed E-state index contributed by atoms with van der Waals surface area (Å²) in [5.41, 5.74) is 0.562. The van der Waals surface area contributed by atoms with Gasteiger partial charge in [0.1, 0.15) is 0 Å². The Morgan fingerprint density at radius 2 is 1.50 bits per heavy atom. The molecule has 0 aromatic heterocycles. The van der Waals surface area contributed by atoms with Gasteiger partial charge in [-0.05, 0) is 62.1 Å². The van der Waals surface area contributed by atoms with Crippen molar-refractivity contribution in [3.63, 3.8) is 0 Å². The van der Waals surface area contributed by atoms with Gasteiger partial charge in [0.05, 0.1) is 0 Å². The molecule has 1 fully saturated rings. The molecule has 3 heteroatoms. The van der Waals surface area contributed by atoms with E-state index in [1.165, 1.54) is 38.5 Å². The van der Waals surface area contributed by atoms with Gasteiger partial charge < -0.3 is 0 Å². The lowest BCUT2D eigenvalue weighted by Crippen LogP contribution is -2.15. The number of aryl methyl sites for hydroxylation is 1. The zero-order chi connectivity index (χ0) is 15.9. The van der Waals surface area contributed by atoms with Gasteiger partial charge in [0.2, 0.25) is 0 Å². The highest BCUT2D eigenvalue weighted by atomic mass is 19.2. The van der Waals surface area contributed by atoms with Crippen molar-refractivity contribution in [1.82, 2.24) is 0 Å². The third-order valence-corrected chi connectivity index (χ3v) is 4.83. The van der Waals surface area contributed by atoms with Gasteiger partial charge in [-0.15, -0.1) is 0 Å². The van der Waals surface area contributed by atoms with E-state index in [9.17, 15) is 13.2 Å². The molecule has 122 valence electrons. The molecule has 1 saturated carbocycles. The zero-order valence-corrected chi connectivity index (χ0v) is 13.3. The number of hydrogen-bond donors (Lipinski definition) is 0. The summed E-state index contributed by atoms with van der Waals surface area (Å²) in [5.74, 6) is -2.07. The molecule has 0 saturated heterocycles. The van der Waals surface area contributed by atoms with E-state index in [4.69, 9.17) is 0 Å². The Morgan fingerprint density at radius 3 is 2.05 bits per heavy atom.